The highest BCUT2D eigenvalue weighted by atomic mass is 16.5. The summed E-state index contributed by atoms with van der Waals surface area (Å²) in [6.07, 6.45) is 12.1. The van der Waals surface area contributed by atoms with Gasteiger partial charge in [-0.15, -0.1) is 0 Å². The van der Waals surface area contributed by atoms with Crippen molar-refractivity contribution in [3.05, 3.63) is 243 Å². The van der Waals surface area contributed by atoms with Gasteiger partial charge in [0, 0.05) is 63.4 Å². The third kappa shape index (κ3) is 40.2. The van der Waals surface area contributed by atoms with Crippen LogP contribution in [0, 0.1) is 23.7 Å². The molecule has 2 heterocycles. The van der Waals surface area contributed by atoms with Crippen LogP contribution < -0.4 is 4.74 Å². The molecular formula is C94H108O35. The highest BCUT2D eigenvalue weighted by molar-refractivity contribution is 5.91. The van der Waals surface area contributed by atoms with Gasteiger partial charge in [0.1, 0.15) is 36.5 Å². The molecule has 129 heavy (non-hydrogen) atoms. The molecule has 1 fully saturated rings. The Hall–Kier alpha value is -15.1. The first-order chi connectivity index (χ1) is 61.4. The van der Waals surface area contributed by atoms with Gasteiger partial charge in [-0.1, -0.05) is 54.6 Å². The van der Waals surface area contributed by atoms with Gasteiger partial charge in [-0.25, -0.2) is 19.2 Å². The molecule has 0 radical (unpaired) electrons. The van der Waals surface area contributed by atoms with Crippen LogP contribution in [0.3, 0.4) is 0 Å². The summed E-state index contributed by atoms with van der Waals surface area (Å²) in [6, 6.07) is 37.9. The van der Waals surface area contributed by atoms with Gasteiger partial charge < -0.3 is 135 Å². The Morgan fingerprint density at radius 2 is 0.915 bits per heavy atom. The molecule has 18 N–H and O–H groups in total. The molecule has 0 bridgehead atoms. The van der Waals surface area contributed by atoms with Gasteiger partial charge in [0.2, 0.25) is 0 Å². The number of benzene rings is 8. The van der Waals surface area contributed by atoms with Crippen molar-refractivity contribution >= 4 is 66.7 Å². The summed E-state index contributed by atoms with van der Waals surface area (Å²) in [5.41, 5.74) is 6.51. The van der Waals surface area contributed by atoms with Crippen LogP contribution in [0.4, 0.5) is 0 Å². The van der Waals surface area contributed by atoms with Crippen LogP contribution in [0.15, 0.2) is 199 Å². The minimum Gasteiger partial charge on any atom is -0.508 e. The number of carboxylic acids is 3. The summed E-state index contributed by atoms with van der Waals surface area (Å²) in [7, 11) is 2.57. The minimum atomic E-state index is -1.06. The molecule has 35 heteroatoms. The lowest BCUT2D eigenvalue weighted by atomic mass is 9.80. The fraction of sp³-hybridized carbons (Fsp3) is 0.298. The Kier molecular flexibility index (Phi) is 48.7. The van der Waals surface area contributed by atoms with E-state index < -0.39 is 59.7 Å². The molecule has 5 unspecified atom stereocenters. The second-order valence-corrected chi connectivity index (χ2v) is 27.9. The molecule has 35 nitrogen and oxygen atoms in total. The van der Waals surface area contributed by atoms with Gasteiger partial charge in [0.25, 0.3) is 0 Å². The summed E-state index contributed by atoms with van der Waals surface area (Å²) in [5, 5.41) is 161. The predicted molar refractivity (Wildman–Crippen MR) is 465 cm³/mol. The van der Waals surface area contributed by atoms with Gasteiger partial charge in [-0.2, -0.15) is 0 Å². The number of aromatic carboxylic acids is 2. The lowest BCUT2D eigenvalue weighted by Crippen LogP contribution is -2.37. The first-order valence-electron chi connectivity index (χ1n) is 39.7. The first-order valence-corrected chi connectivity index (χ1v) is 39.7. The monoisotopic (exact) mass is 1800 g/mol. The zero-order valence-corrected chi connectivity index (χ0v) is 71.4. The lowest BCUT2D eigenvalue weighted by molar-refractivity contribution is -0.147. The number of aldehydes is 3. The lowest BCUT2D eigenvalue weighted by Gasteiger charge is -2.32. The number of carbonyl (C=O) groups excluding carboxylic acids is 7. The quantitative estimate of drug-likeness (QED) is 0.00496. The maximum Gasteiger partial charge on any atom is 0.337 e. The second-order valence-electron chi connectivity index (χ2n) is 27.9. The van der Waals surface area contributed by atoms with Crippen molar-refractivity contribution in [2.24, 2.45) is 23.7 Å². The zero-order valence-electron chi connectivity index (χ0n) is 71.4. The number of phenolic OH excluding ortho intramolecular Hbond substituents is 13. The molecule has 0 saturated carbocycles. The number of rotatable bonds is 30. The number of aliphatic carboxylic acids is 1. The average molecular weight is 1800 g/mol. The number of esters is 4. The molecule has 0 aliphatic carbocycles. The maximum atomic E-state index is 12.2. The Morgan fingerprint density at radius 3 is 1.33 bits per heavy atom. The molecule has 2 aliphatic rings. The topological polar surface area (TPSA) is 599 Å². The normalized spacial score (nSPS) is 15.1. The van der Waals surface area contributed by atoms with Gasteiger partial charge in [-0.05, 0) is 219 Å². The zero-order chi connectivity index (χ0) is 96.2. The molecule has 10 rings (SSSR count). The predicted octanol–water partition coefficient (Wildman–Crippen LogP) is 11.3. The summed E-state index contributed by atoms with van der Waals surface area (Å²) in [4.78, 5) is 112. The van der Waals surface area contributed by atoms with Crippen LogP contribution in [0.1, 0.15) is 114 Å². The SMILES string of the molecule is C/C=C(/C=O)C(CC=O)CC(=O)OCCc1ccc(O)c(O)c1.C/C=C1\C(CC(=O)OCCc2ccc(O)c(O)c2)CCO[C@H]1C.COC(=O)C1=COC(C)C(C=O)C1CC(=O)OCCc1ccc(O)c(O)c1.COc1cc(C(=O)O)ccc1O.O=C(O)/C=C/c1ccc(O)c(O)c1.O=C(O)c1ccc(O)cc1.OCCc1ccc(O)c(O)c1.OCCc1ccc(O)cc1. The van der Waals surface area contributed by atoms with Crippen LogP contribution in [0.2, 0.25) is 0 Å². The molecule has 0 aromatic heterocycles. The standard InChI is InChI=1S/C19H22O8.C18H24O5.C17H20O6.C9H8O4.C8H8O4.C8H10O3.C8H10O2.C7H6O3/c1-11-14(9-20)13(15(10-27-11)19(24)25-2)8-18(23)26-6-5-12-3-4-16(21)17(22)7-12;1-3-15-12(2)22-9-7-14(15)11-18(21)23-8-6-13-4-5-16(19)17(20)10-13;1-2-13(11-19)14(5-7-18)10-17(22)23-8-6-12-3-4-15(20)16(21)9-12;10-7-3-1-6(5-8(7)11)2-4-9(12)13;1-12-7-4-5(8(10)11)2-3-6(7)9;9-4-3-6-1-2-7(10)8(11)5-6;9-6-5-7-1-3-8(10)4-2-7;8-6-3-1-5(2-4-6)7(9)10/h3-4,7,9-11,13-14,21-22H,5-6,8H2,1-2H3;3-5,10,12,14,19-20H,6-9,11H2,1-2H3;2-4,7,9,11,14,20-21H,5-6,8,10H2,1H3;1-5,10-11H,(H,12,13);2-4,9H,1H3,(H,10,11);1-2,5,9-11H,3-4H2;1-4,9-10H,5-6H2;1-4,8H,(H,9,10)/b;15-3-;13-2-;4-2+;;;;/t;12-,14?;;;;;;/m.0....../s1. The van der Waals surface area contributed by atoms with E-state index in [-0.39, 0.29) is 167 Å². The van der Waals surface area contributed by atoms with Gasteiger partial charge in [-0.3, -0.25) is 19.2 Å². The van der Waals surface area contributed by atoms with Gasteiger partial charge in [0.15, 0.2) is 69.0 Å². The van der Waals surface area contributed by atoms with E-state index in [0.717, 1.165) is 34.8 Å². The fourth-order valence-electron chi connectivity index (χ4n) is 11.8. The third-order valence-corrected chi connectivity index (χ3v) is 18.9. The number of ether oxygens (including phenoxy) is 7. The summed E-state index contributed by atoms with van der Waals surface area (Å²) in [5.74, 6) is -8.28. The number of carbonyl (C=O) groups is 10. The molecule has 1 saturated heterocycles. The molecule has 0 spiro atoms. The minimum absolute atomic E-state index is 0.0437. The third-order valence-electron chi connectivity index (χ3n) is 18.9. The molecule has 8 aromatic carbocycles. The summed E-state index contributed by atoms with van der Waals surface area (Å²) < 4.78 is 35.9. The van der Waals surface area contributed by atoms with E-state index in [1.165, 1.54) is 136 Å². The molecule has 6 atom stereocenters. The number of methoxy groups -OCH3 is 2. The number of aliphatic hydroxyl groups excluding tert-OH is 2. The summed E-state index contributed by atoms with van der Waals surface area (Å²) in [6.45, 7) is 8.60. The Bertz CT molecular complexity index is 5070. The molecular weight excluding hydrogens is 1690 g/mol. The van der Waals surface area contributed by atoms with E-state index in [0.29, 0.717) is 86.3 Å². The number of carboxylic acid groups (broad SMARTS) is 3. The van der Waals surface area contributed by atoms with Crippen molar-refractivity contribution < 1.29 is 173 Å². The molecule has 0 amide bonds. The number of hydrogen-bond acceptors (Lipinski definition) is 32. The van der Waals surface area contributed by atoms with E-state index in [1.807, 2.05) is 19.9 Å². The maximum absolute atomic E-state index is 12.2. The van der Waals surface area contributed by atoms with E-state index in [1.54, 1.807) is 68.5 Å². The fourth-order valence-corrected chi connectivity index (χ4v) is 11.8. The van der Waals surface area contributed by atoms with Crippen LogP contribution in [0.25, 0.3) is 6.08 Å². The molecule has 2 aliphatic heterocycles. The highest BCUT2D eigenvalue weighted by Gasteiger charge is 2.39. The second kappa shape index (κ2) is 58.2. The Labute approximate surface area is 742 Å². The number of aliphatic hydroxyl groups is 2. The van der Waals surface area contributed by atoms with Crippen molar-refractivity contribution in [3.63, 3.8) is 0 Å². The number of hydrogen-bond donors (Lipinski definition) is 18. The Balaban J connectivity index is 0.000000391. The van der Waals surface area contributed by atoms with Crippen LogP contribution >= 0.6 is 0 Å². The van der Waals surface area contributed by atoms with Gasteiger partial charge >= 0.3 is 41.8 Å². The number of aromatic hydroxyl groups is 13. The van der Waals surface area contributed by atoms with Crippen LogP contribution in [-0.2, 0) is 98.9 Å². The van der Waals surface area contributed by atoms with Crippen molar-refractivity contribution in [3.8, 4) is 80.5 Å². The highest BCUT2D eigenvalue weighted by Crippen LogP contribution is 2.36. The van der Waals surface area contributed by atoms with E-state index in [4.69, 9.17) is 94.4 Å². The van der Waals surface area contributed by atoms with Crippen molar-refractivity contribution in [1.82, 2.24) is 0 Å². The van der Waals surface area contributed by atoms with E-state index in [9.17, 15) is 78.6 Å². The van der Waals surface area contributed by atoms with Crippen molar-refractivity contribution in [2.45, 2.75) is 104 Å². The molecule has 694 valence electrons. The average Bonchev–Trinajstić information content (AvgIpc) is 0.808. The largest absolute Gasteiger partial charge is 0.508 e. The summed E-state index contributed by atoms with van der Waals surface area (Å²) >= 11 is 0. The van der Waals surface area contributed by atoms with E-state index >= 15 is 0 Å². The van der Waals surface area contributed by atoms with Crippen LogP contribution in [-0.4, -0.2) is 219 Å². The smallest absolute Gasteiger partial charge is 0.337 e. The van der Waals surface area contributed by atoms with Crippen molar-refractivity contribution in [1.29, 1.82) is 0 Å². The number of phenols is 13. The van der Waals surface area contributed by atoms with Gasteiger partial charge in [0.05, 0.1) is 88.3 Å². The Morgan fingerprint density at radius 1 is 0.488 bits per heavy atom. The van der Waals surface area contributed by atoms with Crippen molar-refractivity contribution in [2.75, 3.05) is 53.9 Å². The van der Waals surface area contributed by atoms with Crippen LogP contribution in [0.5, 0.6) is 80.5 Å². The number of allylic oxidation sites excluding steroid dienone is 3. The van der Waals surface area contributed by atoms with E-state index in [2.05, 4.69) is 0 Å². The first kappa shape index (κ1) is 108. The molecule has 8 aromatic rings.